The van der Waals surface area contributed by atoms with Gasteiger partial charge >= 0.3 is 0 Å². The third-order valence-corrected chi connectivity index (χ3v) is 4.52. The monoisotopic (exact) mass is 208 g/mol. The molecular weight excluding hydrogens is 192 g/mol. The molecule has 0 amide bonds. The lowest BCUT2D eigenvalue weighted by Gasteiger charge is -2.22. The standard InChI is InChI=1S/C8H16O4S/c1-2-7(8(9)10)6-3-4-13(11,12)5-6/h6-10H,2-5H2,1H3. The Morgan fingerprint density at radius 1 is 1.46 bits per heavy atom. The summed E-state index contributed by atoms with van der Waals surface area (Å²) in [6.07, 6.45) is -0.209. The number of aliphatic hydroxyl groups excluding tert-OH is 1. The third kappa shape index (κ3) is 2.65. The Hall–Kier alpha value is -0.130. The van der Waals surface area contributed by atoms with E-state index in [4.69, 9.17) is 10.2 Å². The molecule has 1 aliphatic heterocycles. The van der Waals surface area contributed by atoms with E-state index in [1.165, 1.54) is 0 Å². The largest absolute Gasteiger partial charge is 0.368 e. The summed E-state index contributed by atoms with van der Waals surface area (Å²) in [6, 6.07) is 0. The maximum absolute atomic E-state index is 11.1. The van der Waals surface area contributed by atoms with Gasteiger partial charge in [0.2, 0.25) is 0 Å². The highest BCUT2D eigenvalue weighted by molar-refractivity contribution is 7.91. The van der Waals surface area contributed by atoms with E-state index in [0.29, 0.717) is 12.8 Å². The van der Waals surface area contributed by atoms with Crippen LogP contribution in [0, 0.1) is 11.8 Å². The van der Waals surface area contributed by atoms with Gasteiger partial charge in [-0.1, -0.05) is 6.92 Å². The molecule has 0 radical (unpaired) electrons. The minimum atomic E-state index is -2.91. The first-order valence-electron chi connectivity index (χ1n) is 4.53. The first kappa shape index (κ1) is 10.9. The molecule has 1 aliphatic rings. The SMILES string of the molecule is CCC(C(O)O)C1CCS(=O)(=O)C1. The van der Waals surface area contributed by atoms with Crippen LogP contribution in [0.2, 0.25) is 0 Å². The summed E-state index contributed by atoms with van der Waals surface area (Å²) < 4.78 is 22.2. The zero-order valence-corrected chi connectivity index (χ0v) is 8.50. The smallest absolute Gasteiger partial charge is 0.154 e. The third-order valence-electron chi connectivity index (χ3n) is 2.73. The number of sulfone groups is 1. The van der Waals surface area contributed by atoms with Crippen molar-refractivity contribution in [1.29, 1.82) is 0 Å². The topological polar surface area (TPSA) is 74.6 Å². The van der Waals surface area contributed by atoms with Gasteiger partial charge in [0.05, 0.1) is 11.5 Å². The molecule has 0 saturated carbocycles. The van der Waals surface area contributed by atoms with E-state index >= 15 is 0 Å². The molecule has 0 aliphatic carbocycles. The number of aliphatic hydroxyl groups is 2. The molecule has 2 atom stereocenters. The second kappa shape index (κ2) is 3.94. The van der Waals surface area contributed by atoms with Crippen LogP contribution in [0.15, 0.2) is 0 Å². The van der Waals surface area contributed by atoms with E-state index in [1.807, 2.05) is 6.92 Å². The van der Waals surface area contributed by atoms with Crippen molar-refractivity contribution in [3.8, 4) is 0 Å². The van der Waals surface area contributed by atoms with Gasteiger partial charge < -0.3 is 10.2 Å². The van der Waals surface area contributed by atoms with Gasteiger partial charge in [0.25, 0.3) is 0 Å². The molecule has 0 bridgehead atoms. The fraction of sp³-hybridized carbons (Fsp3) is 1.00. The van der Waals surface area contributed by atoms with Gasteiger partial charge in [-0.05, 0) is 18.8 Å². The van der Waals surface area contributed by atoms with E-state index in [-0.39, 0.29) is 23.3 Å². The maximum atomic E-state index is 11.1. The summed E-state index contributed by atoms with van der Waals surface area (Å²) in [5, 5.41) is 18.0. The summed E-state index contributed by atoms with van der Waals surface area (Å²) in [4.78, 5) is 0. The van der Waals surface area contributed by atoms with Gasteiger partial charge in [-0.15, -0.1) is 0 Å². The normalized spacial score (nSPS) is 29.4. The van der Waals surface area contributed by atoms with Crippen molar-refractivity contribution in [2.24, 2.45) is 11.8 Å². The van der Waals surface area contributed by atoms with Crippen molar-refractivity contribution in [3.63, 3.8) is 0 Å². The van der Waals surface area contributed by atoms with E-state index in [2.05, 4.69) is 0 Å². The molecule has 2 N–H and O–H groups in total. The van der Waals surface area contributed by atoms with Crippen LogP contribution < -0.4 is 0 Å². The Morgan fingerprint density at radius 3 is 2.38 bits per heavy atom. The van der Waals surface area contributed by atoms with E-state index in [9.17, 15) is 8.42 Å². The lowest BCUT2D eigenvalue weighted by Crippen LogP contribution is -2.27. The maximum Gasteiger partial charge on any atom is 0.154 e. The van der Waals surface area contributed by atoms with Crippen molar-refractivity contribution >= 4 is 9.84 Å². The van der Waals surface area contributed by atoms with Crippen LogP contribution >= 0.6 is 0 Å². The average molecular weight is 208 g/mol. The molecule has 0 aromatic carbocycles. The Balaban J connectivity index is 2.63. The van der Waals surface area contributed by atoms with Crippen molar-refractivity contribution in [2.45, 2.75) is 26.1 Å². The highest BCUT2D eigenvalue weighted by Gasteiger charge is 2.35. The van der Waals surface area contributed by atoms with Gasteiger partial charge in [0.15, 0.2) is 16.1 Å². The van der Waals surface area contributed by atoms with Crippen molar-refractivity contribution in [2.75, 3.05) is 11.5 Å². The second-order valence-corrected chi connectivity index (χ2v) is 5.88. The van der Waals surface area contributed by atoms with Crippen LogP contribution in [0.4, 0.5) is 0 Å². The van der Waals surface area contributed by atoms with E-state index < -0.39 is 16.1 Å². The summed E-state index contributed by atoms with van der Waals surface area (Å²) in [5.74, 6) is -0.0587. The first-order valence-corrected chi connectivity index (χ1v) is 6.35. The molecule has 0 aromatic rings. The predicted octanol–water partition coefficient (Wildman–Crippen LogP) is -0.242. The Labute approximate surface area is 78.5 Å². The van der Waals surface area contributed by atoms with Gasteiger partial charge in [-0.25, -0.2) is 8.42 Å². The molecule has 4 nitrogen and oxygen atoms in total. The van der Waals surface area contributed by atoms with Gasteiger partial charge in [0.1, 0.15) is 0 Å². The quantitative estimate of drug-likeness (QED) is 0.628. The number of hydrogen-bond donors (Lipinski definition) is 2. The molecule has 0 spiro atoms. The summed E-state index contributed by atoms with van der Waals surface area (Å²) in [5.41, 5.74) is 0. The van der Waals surface area contributed by atoms with Crippen LogP contribution in [-0.4, -0.2) is 36.4 Å². The molecule has 1 saturated heterocycles. The molecule has 0 aromatic heterocycles. The average Bonchev–Trinajstić information content (AvgIpc) is 2.31. The van der Waals surface area contributed by atoms with Gasteiger partial charge in [-0.3, -0.25) is 0 Å². The minimum Gasteiger partial charge on any atom is -0.368 e. The fourth-order valence-electron chi connectivity index (χ4n) is 1.95. The van der Waals surface area contributed by atoms with Crippen LogP contribution in [0.25, 0.3) is 0 Å². The Morgan fingerprint density at radius 2 is 2.08 bits per heavy atom. The Bertz CT molecular complexity index is 257. The van der Waals surface area contributed by atoms with Crippen LogP contribution in [0.3, 0.4) is 0 Å². The molecule has 1 fully saturated rings. The minimum absolute atomic E-state index is 0.0741. The van der Waals surface area contributed by atoms with E-state index in [1.54, 1.807) is 0 Å². The number of hydrogen-bond acceptors (Lipinski definition) is 4. The zero-order valence-electron chi connectivity index (χ0n) is 7.68. The highest BCUT2D eigenvalue weighted by Crippen LogP contribution is 2.29. The highest BCUT2D eigenvalue weighted by atomic mass is 32.2. The molecular formula is C8H16O4S. The predicted molar refractivity (Wildman–Crippen MR) is 48.8 cm³/mol. The fourth-order valence-corrected chi connectivity index (χ4v) is 3.84. The summed E-state index contributed by atoms with van der Waals surface area (Å²) >= 11 is 0. The Kier molecular flexibility index (Phi) is 3.32. The van der Waals surface area contributed by atoms with Crippen molar-refractivity contribution in [3.05, 3.63) is 0 Å². The molecule has 5 heteroatoms. The van der Waals surface area contributed by atoms with Crippen LogP contribution in [0.1, 0.15) is 19.8 Å². The first-order chi connectivity index (χ1) is 5.96. The summed E-state index contributed by atoms with van der Waals surface area (Å²) in [7, 11) is -2.91. The second-order valence-electron chi connectivity index (χ2n) is 3.65. The molecule has 13 heavy (non-hydrogen) atoms. The van der Waals surface area contributed by atoms with Crippen LogP contribution in [-0.2, 0) is 9.84 Å². The molecule has 2 unspecified atom stereocenters. The van der Waals surface area contributed by atoms with Crippen molar-refractivity contribution in [1.82, 2.24) is 0 Å². The van der Waals surface area contributed by atoms with Crippen LogP contribution in [0.5, 0.6) is 0 Å². The zero-order chi connectivity index (χ0) is 10.1. The molecule has 78 valence electrons. The van der Waals surface area contributed by atoms with Gasteiger partial charge in [0, 0.05) is 5.92 Å². The van der Waals surface area contributed by atoms with E-state index in [0.717, 1.165) is 0 Å². The lowest BCUT2D eigenvalue weighted by atomic mass is 9.89. The van der Waals surface area contributed by atoms with Gasteiger partial charge in [-0.2, -0.15) is 0 Å². The molecule has 1 heterocycles. The summed E-state index contributed by atoms with van der Waals surface area (Å²) in [6.45, 7) is 1.84. The molecule has 1 rings (SSSR count). The van der Waals surface area contributed by atoms with Crippen molar-refractivity contribution < 1.29 is 18.6 Å². The number of rotatable bonds is 3. The lowest BCUT2D eigenvalue weighted by molar-refractivity contribution is -0.0984.